The molecule has 0 radical (unpaired) electrons. The molecular weight excluding hydrogens is 344 g/mol. The molecule has 0 aliphatic carbocycles. The summed E-state index contributed by atoms with van der Waals surface area (Å²) in [5.74, 6) is -2.82. The normalized spacial score (nSPS) is 20.1. The zero-order chi connectivity index (χ0) is 14.4. The molecule has 4 nitrogen and oxygen atoms in total. The molecule has 0 spiro atoms. The average molecular weight is 354 g/mol. The van der Waals surface area contributed by atoms with E-state index in [4.69, 9.17) is 0 Å². The molecule has 0 aromatic heterocycles. The Hall–Kier alpha value is -1.02. The summed E-state index contributed by atoms with van der Waals surface area (Å²) in [6.45, 7) is 1.73. The van der Waals surface area contributed by atoms with Gasteiger partial charge < -0.3 is 0 Å². The number of hydrogen-bond donors (Lipinski definition) is 0. The topological polar surface area (TPSA) is 54.5 Å². The lowest BCUT2D eigenvalue weighted by molar-refractivity contribution is -0.123. The number of carbonyl (C=O) groups is 1. The van der Waals surface area contributed by atoms with E-state index in [1.807, 2.05) is 0 Å². The Bertz CT molecular complexity index is 624. The van der Waals surface area contributed by atoms with Crippen LogP contribution in [0.2, 0.25) is 0 Å². The summed E-state index contributed by atoms with van der Waals surface area (Å²) in [5, 5.41) is 0. The van der Waals surface area contributed by atoms with Crippen LogP contribution < -0.4 is 0 Å². The van der Waals surface area contributed by atoms with E-state index in [2.05, 4.69) is 15.9 Å². The van der Waals surface area contributed by atoms with Crippen molar-refractivity contribution in [3.8, 4) is 0 Å². The van der Waals surface area contributed by atoms with Crippen LogP contribution in [0.1, 0.15) is 13.3 Å². The van der Waals surface area contributed by atoms with Gasteiger partial charge in [0.05, 0.1) is 0 Å². The summed E-state index contributed by atoms with van der Waals surface area (Å²) in [6, 6.07) is 1.32. The van der Waals surface area contributed by atoms with Gasteiger partial charge in [0.25, 0.3) is 10.0 Å². The minimum Gasteiger partial charge on any atom is -0.274 e. The minimum absolute atomic E-state index is 0.00439. The van der Waals surface area contributed by atoms with Crippen molar-refractivity contribution in [2.24, 2.45) is 5.92 Å². The van der Waals surface area contributed by atoms with Gasteiger partial charge in [0.15, 0.2) is 0 Å². The molecule has 1 amide bonds. The molecule has 0 bridgehead atoms. The molecule has 1 heterocycles. The van der Waals surface area contributed by atoms with Crippen LogP contribution in [0.25, 0.3) is 0 Å². The van der Waals surface area contributed by atoms with E-state index in [-0.39, 0.29) is 23.4 Å². The number of nitrogens with zero attached hydrogens (tertiary/aromatic N) is 1. The second-order valence-electron chi connectivity index (χ2n) is 4.44. The quantitative estimate of drug-likeness (QED) is 0.819. The maximum Gasteiger partial charge on any atom is 0.270 e. The van der Waals surface area contributed by atoms with Crippen molar-refractivity contribution in [2.45, 2.75) is 18.2 Å². The molecule has 1 fully saturated rings. The number of hydrogen-bond acceptors (Lipinski definition) is 3. The number of sulfonamides is 1. The lowest BCUT2D eigenvalue weighted by Crippen LogP contribution is -2.33. The predicted molar refractivity (Wildman–Crippen MR) is 66.7 cm³/mol. The maximum absolute atomic E-state index is 13.7. The number of benzene rings is 1. The number of carbonyl (C=O) groups excluding carboxylic acids is 1. The predicted octanol–water partition coefficient (Wildman–Crippen LogP) is 2.28. The molecule has 1 aliphatic heterocycles. The molecule has 19 heavy (non-hydrogen) atoms. The summed E-state index contributed by atoms with van der Waals surface area (Å²) in [7, 11) is -4.30. The average Bonchev–Trinajstić information content (AvgIpc) is 2.56. The molecule has 104 valence electrons. The first-order valence-electron chi connectivity index (χ1n) is 5.43. The Morgan fingerprint density at radius 3 is 2.47 bits per heavy atom. The summed E-state index contributed by atoms with van der Waals surface area (Å²) in [5.41, 5.74) is 0. The first kappa shape index (κ1) is 14.4. The van der Waals surface area contributed by atoms with Crippen LogP contribution >= 0.6 is 15.9 Å². The maximum atomic E-state index is 13.7. The lowest BCUT2D eigenvalue weighted by atomic mass is 10.2. The zero-order valence-corrected chi connectivity index (χ0v) is 12.3. The largest absolute Gasteiger partial charge is 0.274 e. The fraction of sp³-hybridized carbons (Fsp3) is 0.364. The van der Waals surface area contributed by atoms with Crippen LogP contribution in [0, 0.1) is 17.6 Å². The number of halogens is 3. The van der Waals surface area contributed by atoms with Crippen LogP contribution in [-0.4, -0.2) is 25.2 Å². The second kappa shape index (κ2) is 4.82. The van der Waals surface area contributed by atoms with Gasteiger partial charge >= 0.3 is 0 Å². The highest BCUT2D eigenvalue weighted by atomic mass is 79.9. The molecular formula is C11H10BrF2NO3S. The fourth-order valence-corrected chi connectivity index (χ4v) is 4.61. The van der Waals surface area contributed by atoms with Crippen molar-refractivity contribution in [3.05, 3.63) is 28.2 Å². The van der Waals surface area contributed by atoms with Gasteiger partial charge in [-0.25, -0.2) is 21.5 Å². The Balaban J connectivity index is 2.55. The van der Waals surface area contributed by atoms with Gasteiger partial charge in [-0.05, 0) is 27.9 Å². The van der Waals surface area contributed by atoms with Crippen molar-refractivity contribution in [3.63, 3.8) is 0 Å². The highest BCUT2D eigenvalue weighted by molar-refractivity contribution is 9.10. The molecule has 1 saturated heterocycles. The van der Waals surface area contributed by atoms with Crippen LogP contribution in [0.5, 0.6) is 0 Å². The van der Waals surface area contributed by atoms with E-state index in [9.17, 15) is 22.0 Å². The Morgan fingerprint density at radius 1 is 1.37 bits per heavy atom. The van der Waals surface area contributed by atoms with Gasteiger partial charge in [0, 0.05) is 23.5 Å². The molecule has 1 atom stereocenters. The van der Waals surface area contributed by atoms with E-state index in [1.165, 1.54) is 0 Å². The van der Waals surface area contributed by atoms with E-state index in [1.54, 1.807) is 6.92 Å². The molecule has 0 N–H and O–H groups in total. The monoisotopic (exact) mass is 353 g/mol. The van der Waals surface area contributed by atoms with E-state index < -0.39 is 32.5 Å². The Kier molecular flexibility index (Phi) is 3.65. The first-order valence-corrected chi connectivity index (χ1v) is 7.67. The summed E-state index contributed by atoms with van der Waals surface area (Å²) in [4.78, 5) is 10.9. The van der Waals surface area contributed by atoms with Gasteiger partial charge in [0.1, 0.15) is 16.5 Å². The summed E-state index contributed by atoms with van der Waals surface area (Å²) < 4.78 is 51.6. The zero-order valence-electron chi connectivity index (χ0n) is 9.86. The minimum atomic E-state index is -4.30. The third-order valence-corrected chi connectivity index (χ3v) is 5.54. The number of amides is 1. The molecule has 2 rings (SSSR count). The highest BCUT2D eigenvalue weighted by Gasteiger charge is 2.39. The Morgan fingerprint density at radius 2 is 2.00 bits per heavy atom. The van der Waals surface area contributed by atoms with Crippen molar-refractivity contribution in [2.75, 3.05) is 6.54 Å². The standard InChI is InChI=1S/C11H10BrF2NO3S/c1-6-2-10(16)15(5-6)19(17,18)11-8(12)3-7(13)4-9(11)14/h3-4,6H,2,5H2,1H3. The van der Waals surface area contributed by atoms with Crippen molar-refractivity contribution < 1.29 is 22.0 Å². The van der Waals surface area contributed by atoms with E-state index in [0.717, 1.165) is 6.07 Å². The second-order valence-corrected chi connectivity index (χ2v) is 7.09. The number of rotatable bonds is 2. The van der Waals surface area contributed by atoms with Crippen LogP contribution in [-0.2, 0) is 14.8 Å². The van der Waals surface area contributed by atoms with Gasteiger partial charge in [-0.3, -0.25) is 4.79 Å². The van der Waals surface area contributed by atoms with Gasteiger partial charge in [-0.1, -0.05) is 6.92 Å². The molecule has 0 saturated carbocycles. The Labute approximate surface area is 117 Å². The first-order chi connectivity index (χ1) is 8.73. The fourth-order valence-electron chi connectivity index (χ4n) is 1.97. The molecule has 8 heteroatoms. The summed E-state index contributed by atoms with van der Waals surface area (Å²) in [6.07, 6.45) is 0.0969. The van der Waals surface area contributed by atoms with Crippen LogP contribution in [0.15, 0.2) is 21.5 Å². The van der Waals surface area contributed by atoms with Gasteiger partial charge in [-0.2, -0.15) is 0 Å². The molecule has 1 unspecified atom stereocenters. The van der Waals surface area contributed by atoms with Crippen molar-refractivity contribution >= 4 is 31.9 Å². The van der Waals surface area contributed by atoms with E-state index >= 15 is 0 Å². The van der Waals surface area contributed by atoms with Gasteiger partial charge in [0.2, 0.25) is 5.91 Å². The highest BCUT2D eigenvalue weighted by Crippen LogP contribution is 2.32. The smallest absolute Gasteiger partial charge is 0.270 e. The third-order valence-electron chi connectivity index (χ3n) is 2.79. The van der Waals surface area contributed by atoms with Crippen LogP contribution in [0.4, 0.5) is 8.78 Å². The van der Waals surface area contributed by atoms with Crippen molar-refractivity contribution in [1.82, 2.24) is 4.31 Å². The molecule has 1 aromatic rings. The third kappa shape index (κ3) is 2.51. The van der Waals surface area contributed by atoms with Crippen molar-refractivity contribution in [1.29, 1.82) is 0 Å². The summed E-state index contributed by atoms with van der Waals surface area (Å²) >= 11 is 2.82. The lowest BCUT2D eigenvalue weighted by Gasteiger charge is -2.18. The SMILES string of the molecule is CC1CC(=O)N(S(=O)(=O)c2c(F)cc(F)cc2Br)C1. The van der Waals surface area contributed by atoms with Crippen LogP contribution in [0.3, 0.4) is 0 Å². The van der Waals surface area contributed by atoms with Gasteiger partial charge in [-0.15, -0.1) is 0 Å². The molecule has 1 aliphatic rings. The molecule has 1 aromatic carbocycles. The van der Waals surface area contributed by atoms with E-state index in [0.29, 0.717) is 10.4 Å².